The summed E-state index contributed by atoms with van der Waals surface area (Å²) in [5.41, 5.74) is 25.3. The van der Waals surface area contributed by atoms with Crippen LogP contribution in [0.2, 0.25) is 0 Å². The normalized spacial score (nSPS) is 13.4. The van der Waals surface area contributed by atoms with Crippen molar-refractivity contribution in [3.8, 4) is 44.8 Å². The molecule has 17 rings (SSSR count). The summed E-state index contributed by atoms with van der Waals surface area (Å²) in [6, 6.07) is 104. The van der Waals surface area contributed by atoms with Gasteiger partial charge in [0.2, 0.25) is 0 Å². The monoisotopic (exact) mass is 1050 g/mol. The van der Waals surface area contributed by atoms with Gasteiger partial charge in [0.05, 0.1) is 22.1 Å². The molecule has 0 radical (unpaired) electrons. The van der Waals surface area contributed by atoms with Crippen molar-refractivity contribution < 1.29 is 0 Å². The van der Waals surface area contributed by atoms with Crippen LogP contribution >= 0.6 is 0 Å². The van der Waals surface area contributed by atoms with Gasteiger partial charge in [-0.25, -0.2) is 0 Å². The van der Waals surface area contributed by atoms with Crippen molar-refractivity contribution >= 4 is 89.5 Å². The molecule has 0 saturated heterocycles. The van der Waals surface area contributed by atoms with Gasteiger partial charge in [-0.1, -0.05) is 231 Å². The highest BCUT2D eigenvalue weighted by Gasteiger charge is 2.47. The Morgan fingerprint density at radius 1 is 0.265 bits per heavy atom. The van der Waals surface area contributed by atoms with Crippen LogP contribution in [0.4, 0.5) is 0 Å². The molecule has 0 saturated carbocycles. The third-order valence-corrected chi connectivity index (χ3v) is 18.3. The Morgan fingerprint density at radius 2 is 0.639 bits per heavy atom. The van der Waals surface area contributed by atoms with Crippen molar-refractivity contribution in [2.24, 2.45) is 0 Å². The van der Waals surface area contributed by atoms with Crippen LogP contribution in [0.25, 0.3) is 134 Å². The van der Waals surface area contributed by atoms with Crippen LogP contribution in [0.1, 0.15) is 44.5 Å². The Kier molecular flexibility index (Phi) is 10.7. The zero-order chi connectivity index (χ0) is 54.6. The lowest BCUT2D eigenvalue weighted by Gasteiger charge is -2.27. The lowest BCUT2D eigenvalue weighted by atomic mass is 9.74. The Balaban J connectivity index is 0.642. The Morgan fingerprint density at radius 3 is 1.11 bits per heavy atom. The van der Waals surface area contributed by atoms with Gasteiger partial charge in [-0.3, -0.25) is 0 Å². The fourth-order valence-corrected chi connectivity index (χ4v) is 14.2. The Bertz CT molecular complexity index is 4870. The first-order chi connectivity index (χ1) is 41.0. The standard InChI is InChI=1S/C81H54N2/c1-3-13-61-47-67(39-35-57(61)11-1)82-77-19-9-7-17-71(77)73-45-55(29-43-79(73)82)23-21-53-25-31-59(32-26-53)63-37-41-69-70-42-38-64(50-76(70)81(75(69)49-63)51-65-15-5-6-16-66(65)52-81)60-33-27-54(28-34-60)22-24-56-30-44-80-74(46-56)72-18-8-10-20-78(72)83(80)68-40-36-58-12-2-4-14-62(58)48-68/h1-50H,51-52H2. The zero-order valence-electron chi connectivity index (χ0n) is 45.7. The van der Waals surface area contributed by atoms with Gasteiger partial charge in [0.1, 0.15) is 0 Å². The van der Waals surface area contributed by atoms with Crippen molar-refractivity contribution in [3.63, 3.8) is 0 Å². The molecule has 0 N–H and O–H groups in total. The maximum absolute atomic E-state index is 2.51. The minimum absolute atomic E-state index is 0.141. The molecule has 0 unspecified atom stereocenters. The number of nitrogens with zero attached hydrogens (tertiary/aromatic N) is 2. The number of para-hydroxylation sites is 2. The van der Waals surface area contributed by atoms with E-state index >= 15 is 0 Å². The van der Waals surface area contributed by atoms with Gasteiger partial charge in [0, 0.05) is 38.3 Å². The van der Waals surface area contributed by atoms with E-state index in [0.717, 1.165) is 12.8 Å². The molecule has 2 heterocycles. The van der Waals surface area contributed by atoms with Gasteiger partial charge in [0.15, 0.2) is 0 Å². The summed E-state index contributed by atoms with van der Waals surface area (Å²) in [6.07, 6.45) is 11.0. The fraction of sp³-hybridized carbons (Fsp3) is 0.0370. The highest BCUT2D eigenvalue weighted by Crippen LogP contribution is 2.57. The molecule has 388 valence electrons. The lowest BCUT2D eigenvalue weighted by Crippen LogP contribution is -2.26. The quantitative estimate of drug-likeness (QED) is 0.134. The largest absolute Gasteiger partial charge is 0.309 e. The molecule has 2 heteroatoms. The minimum atomic E-state index is -0.141. The van der Waals surface area contributed by atoms with Gasteiger partial charge in [0.25, 0.3) is 0 Å². The van der Waals surface area contributed by atoms with Crippen LogP contribution in [0.5, 0.6) is 0 Å². The van der Waals surface area contributed by atoms with E-state index in [1.807, 2.05) is 0 Å². The highest BCUT2D eigenvalue weighted by molar-refractivity contribution is 6.11. The number of rotatable bonds is 8. The second-order valence-corrected chi connectivity index (χ2v) is 23.0. The van der Waals surface area contributed by atoms with Crippen LogP contribution < -0.4 is 0 Å². The van der Waals surface area contributed by atoms with E-state index in [9.17, 15) is 0 Å². The van der Waals surface area contributed by atoms with Crippen LogP contribution in [-0.2, 0) is 18.3 Å². The number of fused-ring (bicyclic) bond motifs is 14. The molecule has 0 amide bonds. The van der Waals surface area contributed by atoms with E-state index in [-0.39, 0.29) is 5.41 Å². The van der Waals surface area contributed by atoms with Crippen molar-refractivity contribution in [1.29, 1.82) is 0 Å². The minimum Gasteiger partial charge on any atom is -0.309 e. The number of hydrogen-bond donors (Lipinski definition) is 0. The smallest absolute Gasteiger partial charge is 0.0541 e. The number of hydrogen-bond acceptors (Lipinski definition) is 0. The first-order valence-corrected chi connectivity index (χ1v) is 29.0. The molecule has 15 aromatic rings. The maximum Gasteiger partial charge on any atom is 0.0541 e. The summed E-state index contributed by atoms with van der Waals surface area (Å²) < 4.78 is 4.81. The predicted molar refractivity (Wildman–Crippen MR) is 352 cm³/mol. The third-order valence-electron chi connectivity index (χ3n) is 18.3. The van der Waals surface area contributed by atoms with Crippen molar-refractivity contribution in [2.75, 3.05) is 0 Å². The van der Waals surface area contributed by atoms with Gasteiger partial charge in [-0.15, -0.1) is 0 Å². The van der Waals surface area contributed by atoms with Crippen LogP contribution in [0, 0.1) is 0 Å². The van der Waals surface area contributed by atoms with E-state index in [1.165, 1.54) is 154 Å². The summed E-state index contributed by atoms with van der Waals surface area (Å²) in [6.45, 7) is 0. The average molecular weight is 1060 g/mol. The van der Waals surface area contributed by atoms with Crippen molar-refractivity contribution in [3.05, 3.63) is 324 Å². The molecule has 83 heavy (non-hydrogen) atoms. The SMILES string of the molecule is C(=Cc1ccc2c(c1)c1ccccc1n2-c1ccc2ccccc2c1)c1ccc(-c2ccc3c(c2)C2(Cc4ccccc4C2)c2cc(-c4ccc(C=Cc5ccc6c(c5)c5ccccc5n6-c5ccc6ccccc6c5)cc4)ccc2-3)cc1. The van der Waals surface area contributed by atoms with Crippen molar-refractivity contribution in [2.45, 2.75) is 18.3 Å². The molecular weight excluding hydrogens is 1000 g/mol. The van der Waals surface area contributed by atoms with Gasteiger partial charge in [-0.2, -0.15) is 0 Å². The average Bonchev–Trinajstić information content (AvgIpc) is 3.62. The van der Waals surface area contributed by atoms with E-state index in [0.29, 0.717) is 0 Å². The predicted octanol–water partition coefficient (Wildman–Crippen LogP) is 20.9. The molecule has 13 aromatic carbocycles. The van der Waals surface area contributed by atoms with Crippen LogP contribution in [0.3, 0.4) is 0 Å². The second-order valence-electron chi connectivity index (χ2n) is 23.0. The topological polar surface area (TPSA) is 9.86 Å². The summed E-state index contributed by atoms with van der Waals surface area (Å²) in [5, 5.41) is 10.0. The molecule has 2 nitrogen and oxygen atoms in total. The molecule has 0 bridgehead atoms. The first kappa shape index (κ1) is 47.3. The van der Waals surface area contributed by atoms with E-state index in [4.69, 9.17) is 0 Å². The number of aromatic nitrogens is 2. The van der Waals surface area contributed by atoms with Gasteiger partial charge in [-0.05, 0) is 185 Å². The fourth-order valence-electron chi connectivity index (χ4n) is 14.2. The third kappa shape index (κ3) is 7.78. The lowest BCUT2D eigenvalue weighted by molar-refractivity contribution is 0.564. The summed E-state index contributed by atoms with van der Waals surface area (Å²) in [5.74, 6) is 0. The molecule has 2 aliphatic rings. The molecule has 1 spiro atoms. The van der Waals surface area contributed by atoms with Gasteiger partial charge >= 0.3 is 0 Å². The molecule has 0 atom stereocenters. The van der Waals surface area contributed by atoms with Crippen LogP contribution in [-0.4, -0.2) is 9.13 Å². The summed E-state index contributed by atoms with van der Waals surface area (Å²) in [4.78, 5) is 0. The Labute approximate surface area is 482 Å². The highest BCUT2D eigenvalue weighted by atomic mass is 15.0. The summed E-state index contributed by atoms with van der Waals surface area (Å²) in [7, 11) is 0. The molecule has 0 fully saturated rings. The van der Waals surface area contributed by atoms with Gasteiger partial charge < -0.3 is 9.13 Å². The first-order valence-electron chi connectivity index (χ1n) is 29.0. The Hall–Kier alpha value is -10.5. The molecular formula is C81H54N2. The molecule has 2 aromatic heterocycles. The zero-order valence-corrected chi connectivity index (χ0v) is 45.7. The van der Waals surface area contributed by atoms with Crippen LogP contribution in [0.15, 0.2) is 279 Å². The van der Waals surface area contributed by atoms with E-state index in [1.54, 1.807) is 0 Å². The molecule has 0 aliphatic heterocycles. The number of benzene rings is 13. The van der Waals surface area contributed by atoms with Crippen molar-refractivity contribution in [1.82, 2.24) is 9.13 Å². The maximum atomic E-state index is 2.51. The van der Waals surface area contributed by atoms with E-state index < -0.39 is 0 Å². The molecule has 2 aliphatic carbocycles. The summed E-state index contributed by atoms with van der Waals surface area (Å²) >= 11 is 0. The second kappa shape index (κ2) is 18.8. The van der Waals surface area contributed by atoms with E-state index in [2.05, 4.69) is 312 Å².